The fourth-order valence-corrected chi connectivity index (χ4v) is 2.70. The van der Waals surface area contributed by atoms with E-state index in [1.807, 2.05) is 18.2 Å². The second kappa shape index (κ2) is 5.90. The van der Waals surface area contributed by atoms with Crippen molar-refractivity contribution in [2.75, 3.05) is 20.2 Å². The Kier molecular flexibility index (Phi) is 3.97. The summed E-state index contributed by atoms with van der Waals surface area (Å²) in [5.74, 6) is 1.44. The highest BCUT2D eigenvalue weighted by molar-refractivity contribution is 5.70. The maximum Gasteiger partial charge on any atom is 0.128 e. The molecule has 0 atom stereocenters. The van der Waals surface area contributed by atoms with E-state index in [1.165, 1.54) is 11.3 Å². The number of nitrogens with zero attached hydrogens (tertiary/aromatic N) is 2. The maximum atomic E-state index is 5.97. The van der Waals surface area contributed by atoms with Gasteiger partial charge in [-0.05, 0) is 25.1 Å². The topological polar surface area (TPSA) is 41.1 Å². The molecule has 2 aromatic rings. The van der Waals surface area contributed by atoms with Gasteiger partial charge in [-0.3, -0.25) is 5.10 Å². The van der Waals surface area contributed by atoms with Crippen molar-refractivity contribution in [1.29, 1.82) is 0 Å². The predicted octanol–water partition coefficient (Wildman–Crippen LogP) is 3.10. The minimum atomic E-state index is 0.511. The van der Waals surface area contributed by atoms with E-state index in [4.69, 9.17) is 4.74 Å². The molecule has 0 radical (unpaired) electrons. The van der Waals surface area contributed by atoms with E-state index in [1.54, 1.807) is 0 Å². The number of benzene rings is 1. The van der Waals surface area contributed by atoms with Crippen LogP contribution in [0.25, 0.3) is 11.3 Å². The van der Waals surface area contributed by atoms with Gasteiger partial charge in [0.15, 0.2) is 0 Å². The van der Waals surface area contributed by atoms with Crippen LogP contribution >= 0.6 is 0 Å². The van der Waals surface area contributed by atoms with Crippen LogP contribution in [0.2, 0.25) is 0 Å². The zero-order valence-electron chi connectivity index (χ0n) is 13.0. The first-order valence-corrected chi connectivity index (χ1v) is 7.62. The number of ether oxygens (including phenoxy) is 1. The normalized spacial score (nSPS) is 15.2. The molecule has 0 fully saturated rings. The molecular weight excluding hydrogens is 262 g/mol. The Bertz CT molecular complexity index is 618. The largest absolute Gasteiger partial charge is 0.493 e. The number of aromatic amines is 1. The van der Waals surface area contributed by atoms with Gasteiger partial charge in [-0.1, -0.05) is 26.0 Å². The van der Waals surface area contributed by atoms with Crippen molar-refractivity contribution in [3.05, 3.63) is 35.5 Å². The van der Waals surface area contributed by atoms with Crippen molar-refractivity contribution in [1.82, 2.24) is 15.1 Å². The Labute approximate surface area is 126 Å². The molecule has 1 aliphatic heterocycles. The van der Waals surface area contributed by atoms with Gasteiger partial charge in [0.1, 0.15) is 11.4 Å². The SMILES string of the molecule is CC(C)COc1ccccc1-c1n[nH]c2c1CN(C)CC2. The summed E-state index contributed by atoms with van der Waals surface area (Å²) >= 11 is 0. The van der Waals surface area contributed by atoms with Crippen LogP contribution in [0.4, 0.5) is 0 Å². The molecule has 0 spiro atoms. The summed E-state index contributed by atoms with van der Waals surface area (Å²) in [6.45, 7) is 7.07. The molecule has 112 valence electrons. The average molecular weight is 285 g/mol. The van der Waals surface area contributed by atoms with Crippen LogP contribution in [-0.4, -0.2) is 35.3 Å². The summed E-state index contributed by atoms with van der Waals surface area (Å²) in [5.41, 5.74) is 4.70. The summed E-state index contributed by atoms with van der Waals surface area (Å²) in [6.07, 6.45) is 1.04. The van der Waals surface area contributed by atoms with E-state index in [0.29, 0.717) is 5.92 Å². The summed E-state index contributed by atoms with van der Waals surface area (Å²) < 4.78 is 5.97. The molecule has 0 bridgehead atoms. The third-order valence-corrected chi connectivity index (χ3v) is 3.84. The van der Waals surface area contributed by atoms with Gasteiger partial charge >= 0.3 is 0 Å². The van der Waals surface area contributed by atoms with Crippen LogP contribution in [0.5, 0.6) is 5.75 Å². The van der Waals surface area contributed by atoms with Crippen LogP contribution in [-0.2, 0) is 13.0 Å². The Morgan fingerprint density at radius 3 is 2.95 bits per heavy atom. The fourth-order valence-electron chi connectivity index (χ4n) is 2.70. The molecule has 0 aliphatic carbocycles. The van der Waals surface area contributed by atoms with Crippen LogP contribution in [0.15, 0.2) is 24.3 Å². The van der Waals surface area contributed by atoms with Crippen molar-refractivity contribution in [2.45, 2.75) is 26.8 Å². The van der Waals surface area contributed by atoms with Crippen molar-refractivity contribution < 1.29 is 4.74 Å². The number of hydrogen-bond acceptors (Lipinski definition) is 3. The lowest BCUT2D eigenvalue weighted by Crippen LogP contribution is -2.26. The van der Waals surface area contributed by atoms with Crippen LogP contribution in [0.1, 0.15) is 25.1 Å². The highest BCUT2D eigenvalue weighted by Gasteiger charge is 2.22. The van der Waals surface area contributed by atoms with Crippen LogP contribution < -0.4 is 4.74 Å². The molecule has 0 saturated heterocycles. The zero-order chi connectivity index (χ0) is 14.8. The summed E-state index contributed by atoms with van der Waals surface area (Å²) in [5, 5.41) is 7.76. The smallest absolute Gasteiger partial charge is 0.128 e. The Morgan fingerprint density at radius 2 is 2.14 bits per heavy atom. The van der Waals surface area contributed by atoms with Gasteiger partial charge in [-0.2, -0.15) is 5.10 Å². The summed E-state index contributed by atoms with van der Waals surface area (Å²) in [4.78, 5) is 2.33. The van der Waals surface area contributed by atoms with E-state index >= 15 is 0 Å². The second-order valence-electron chi connectivity index (χ2n) is 6.22. The van der Waals surface area contributed by atoms with Gasteiger partial charge in [-0.25, -0.2) is 0 Å². The number of nitrogens with one attached hydrogen (secondary N) is 1. The minimum absolute atomic E-state index is 0.511. The standard InChI is InChI=1S/C17H23N3O/c1-12(2)11-21-16-7-5-4-6-13(16)17-14-10-20(3)9-8-15(14)18-19-17/h4-7,12H,8-11H2,1-3H3,(H,18,19). The van der Waals surface area contributed by atoms with Crippen molar-refractivity contribution in [3.63, 3.8) is 0 Å². The van der Waals surface area contributed by atoms with E-state index in [2.05, 4.69) is 42.1 Å². The molecule has 0 amide bonds. The van der Waals surface area contributed by atoms with Gasteiger partial charge in [0.25, 0.3) is 0 Å². The van der Waals surface area contributed by atoms with Crippen molar-refractivity contribution in [2.24, 2.45) is 5.92 Å². The van der Waals surface area contributed by atoms with E-state index < -0.39 is 0 Å². The number of likely N-dealkylation sites (N-methyl/N-ethyl adjacent to an activating group) is 1. The first-order valence-electron chi connectivity index (χ1n) is 7.62. The maximum absolute atomic E-state index is 5.97. The monoisotopic (exact) mass is 285 g/mol. The molecule has 4 nitrogen and oxygen atoms in total. The molecule has 1 N–H and O–H groups in total. The van der Waals surface area contributed by atoms with Gasteiger partial charge in [0, 0.05) is 36.3 Å². The number of aromatic nitrogens is 2. The van der Waals surface area contributed by atoms with Gasteiger partial charge in [0.05, 0.1) is 6.61 Å². The van der Waals surface area contributed by atoms with Gasteiger partial charge in [-0.15, -0.1) is 0 Å². The summed E-state index contributed by atoms with van der Waals surface area (Å²) in [7, 11) is 2.15. The van der Waals surface area contributed by atoms with E-state index in [-0.39, 0.29) is 0 Å². The molecule has 1 aliphatic rings. The minimum Gasteiger partial charge on any atom is -0.493 e. The lowest BCUT2D eigenvalue weighted by atomic mass is 10.0. The van der Waals surface area contributed by atoms with Gasteiger partial charge in [0.2, 0.25) is 0 Å². The third-order valence-electron chi connectivity index (χ3n) is 3.84. The van der Waals surface area contributed by atoms with Crippen LogP contribution in [0.3, 0.4) is 0 Å². The molecule has 1 aromatic heterocycles. The van der Waals surface area contributed by atoms with E-state index in [0.717, 1.165) is 43.1 Å². The fraction of sp³-hybridized carbons (Fsp3) is 0.471. The van der Waals surface area contributed by atoms with Crippen molar-refractivity contribution in [3.8, 4) is 17.0 Å². The molecule has 4 heteroatoms. The lowest BCUT2D eigenvalue weighted by molar-refractivity contribution is 0.272. The number of fused-ring (bicyclic) bond motifs is 1. The number of para-hydroxylation sites is 1. The first-order chi connectivity index (χ1) is 10.1. The third kappa shape index (κ3) is 2.95. The highest BCUT2D eigenvalue weighted by atomic mass is 16.5. The Balaban J connectivity index is 1.96. The highest BCUT2D eigenvalue weighted by Crippen LogP contribution is 2.34. The number of H-pyrrole nitrogens is 1. The predicted molar refractivity (Wildman–Crippen MR) is 84.4 cm³/mol. The number of rotatable bonds is 4. The Hall–Kier alpha value is -1.81. The van der Waals surface area contributed by atoms with Crippen molar-refractivity contribution >= 4 is 0 Å². The molecule has 1 aromatic carbocycles. The zero-order valence-corrected chi connectivity index (χ0v) is 13.0. The average Bonchev–Trinajstić information content (AvgIpc) is 2.88. The number of hydrogen-bond donors (Lipinski definition) is 1. The molecule has 0 unspecified atom stereocenters. The summed E-state index contributed by atoms with van der Waals surface area (Å²) in [6, 6.07) is 8.20. The first kappa shape index (κ1) is 14.1. The molecular formula is C17H23N3O. The second-order valence-corrected chi connectivity index (χ2v) is 6.22. The Morgan fingerprint density at radius 1 is 1.33 bits per heavy atom. The molecule has 2 heterocycles. The molecule has 0 saturated carbocycles. The quantitative estimate of drug-likeness (QED) is 0.938. The molecule has 21 heavy (non-hydrogen) atoms. The lowest BCUT2D eigenvalue weighted by Gasteiger charge is -2.22. The van der Waals surface area contributed by atoms with E-state index in [9.17, 15) is 0 Å². The van der Waals surface area contributed by atoms with Crippen LogP contribution in [0, 0.1) is 5.92 Å². The molecule has 3 rings (SSSR count). The van der Waals surface area contributed by atoms with Gasteiger partial charge < -0.3 is 9.64 Å².